The molecule has 0 spiro atoms. The first-order valence-corrected chi connectivity index (χ1v) is 7.64. The summed E-state index contributed by atoms with van der Waals surface area (Å²) in [6.45, 7) is 4.69. The van der Waals surface area contributed by atoms with Crippen LogP contribution in [0.1, 0.15) is 15.9 Å². The van der Waals surface area contributed by atoms with Crippen molar-refractivity contribution in [2.75, 3.05) is 36.5 Å². The zero-order valence-corrected chi connectivity index (χ0v) is 13.0. The summed E-state index contributed by atoms with van der Waals surface area (Å²) in [4.78, 5) is 14.5. The van der Waals surface area contributed by atoms with E-state index in [9.17, 15) is 9.18 Å². The van der Waals surface area contributed by atoms with Crippen LogP contribution < -0.4 is 10.2 Å². The number of hydrogen-bond acceptors (Lipinski definition) is 3. The molecule has 1 amide bonds. The molecule has 2 aromatic carbocycles. The first kappa shape index (κ1) is 15.5. The molecule has 1 saturated heterocycles. The van der Waals surface area contributed by atoms with Gasteiger partial charge in [0.2, 0.25) is 0 Å². The molecule has 1 aliphatic heterocycles. The molecule has 120 valence electrons. The van der Waals surface area contributed by atoms with Gasteiger partial charge in [0.1, 0.15) is 5.82 Å². The second-order valence-corrected chi connectivity index (χ2v) is 5.53. The van der Waals surface area contributed by atoms with Crippen LogP contribution in [0.2, 0.25) is 0 Å². The third-order valence-corrected chi connectivity index (χ3v) is 3.96. The third kappa shape index (κ3) is 3.51. The Morgan fingerprint density at radius 2 is 1.91 bits per heavy atom. The van der Waals surface area contributed by atoms with Crippen molar-refractivity contribution < 1.29 is 13.9 Å². The summed E-state index contributed by atoms with van der Waals surface area (Å²) in [5, 5.41) is 2.67. The van der Waals surface area contributed by atoms with Crippen LogP contribution in [0.5, 0.6) is 0 Å². The second kappa shape index (κ2) is 6.79. The lowest BCUT2D eigenvalue weighted by atomic mass is 10.1. The number of anilines is 2. The number of hydrogen-bond donors (Lipinski definition) is 1. The van der Waals surface area contributed by atoms with Crippen molar-refractivity contribution in [2.45, 2.75) is 6.92 Å². The summed E-state index contributed by atoms with van der Waals surface area (Å²) >= 11 is 0. The van der Waals surface area contributed by atoms with Gasteiger partial charge in [-0.3, -0.25) is 4.79 Å². The van der Waals surface area contributed by atoms with Gasteiger partial charge in [-0.15, -0.1) is 0 Å². The highest BCUT2D eigenvalue weighted by atomic mass is 19.1. The number of aryl methyl sites for hydroxylation is 1. The van der Waals surface area contributed by atoms with E-state index in [4.69, 9.17) is 4.74 Å². The summed E-state index contributed by atoms with van der Waals surface area (Å²) < 4.78 is 19.4. The molecule has 1 N–H and O–H groups in total. The largest absolute Gasteiger partial charge is 0.378 e. The minimum atomic E-state index is -0.441. The zero-order chi connectivity index (χ0) is 16.2. The summed E-state index contributed by atoms with van der Waals surface area (Å²) in [7, 11) is 0. The highest BCUT2D eigenvalue weighted by Gasteiger charge is 2.15. The molecule has 0 aliphatic carbocycles. The monoisotopic (exact) mass is 314 g/mol. The summed E-state index contributed by atoms with van der Waals surface area (Å²) in [6, 6.07) is 12.0. The second-order valence-electron chi connectivity index (χ2n) is 5.53. The average molecular weight is 314 g/mol. The number of halogens is 1. The van der Waals surface area contributed by atoms with Gasteiger partial charge in [-0.1, -0.05) is 18.2 Å². The van der Waals surface area contributed by atoms with Crippen molar-refractivity contribution in [1.82, 2.24) is 0 Å². The van der Waals surface area contributed by atoms with Crippen molar-refractivity contribution in [3.63, 3.8) is 0 Å². The third-order valence-electron chi connectivity index (χ3n) is 3.96. The quantitative estimate of drug-likeness (QED) is 0.946. The normalized spacial score (nSPS) is 14.6. The van der Waals surface area contributed by atoms with Crippen molar-refractivity contribution >= 4 is 17.3 Å². The zero-order valence-electron chi connectivity index (χ0n) is 13.0. The Hall–Kier alpha value is -2.40. The van der Waals surface area contributed by atoms with E-state index >= 15 is 0 Å². The van der Waals surface area contributed by atoms with Crippen LogP contribution in [-0.2, 0) is 4.74 Å². The maximum absolute atomic E-state index is 14.1. The maximum atomic E-state index is 14.1. The van der Waals surface area contributed by atoms with Gasteiger partial charge in [-0.25, -0.2) is 4.39 Å². The Balaban J connectivity index is 1.82. The standard InChI is InChI=1S/C18H19FN2O2/c1-13-4-2-3-5-15(13)18(22)20-17-12-14(6-7-16(17)19)21-8-10-23-11-9-21/h2-7,12H,8-11H2,1H3,(H,20,22). The molecule has 1 heterocycles. The fourth-order valence-corrected chi connectivity index (χ4v) is 2.64. The molecular weight excluding hydrogens is 295 g/mol. The average Bonchev–Trinajstić information content (AvgIpc) is 2.58. The van der Waals surface area contributed by atoms with E-state index in [1.807, 2.05) is 19.1 Å². The van der Waals surface area contributed by atoms with E-state index in [2.05, 4.69) is 10.2 Å². The number of amides is 1. The highest BCUT2D eigenvalue weighted by Crippen LogP contribution is 2.24. The van der Waals surface area contributed by atoms with Crippen LogP contribution in [0.3, 0.4) is 0 Å². The number of ether oxygens (including phenoxy) is 1. The Labute approximate surface area is 134 Å². The number of benzene rings is 2. The predicted octanol–water partition coefficient (Wildman–Crippen LogP) is 3.22. The molecular formula is C18H19FN2O2. The molecule has 0 radical (unpaired) electrons. The van der Waals surface area contributed by atoms with E-state index < -0.39 is 5.82 Å². The first-order chi connectivity index (χ1) is 11.1. The molecule has 0 aromatic heterocycles. The Kier molecular flexibility index (Phi) is 4.57. The van der Waals surface area contributed by atoms with Gasteiger partial charge in [-0.2, -0.15) is 0 Å². The predicted molar refractivity (Wildman–Crippen MR) is 88.6 cm³/mol. The molecule has 2 aromatic rings. The van der Waals surface area contributed by atoms with E-state index in [0.717, 1.165) is 24.3 Å². The maximum Gasteiger partial charge on any atom is 0.256 e. The smallest absolute Gasteiger partial charge is 0.256 e. The number of nitrogens with one attached hydrogen (secondary N) is 1. The number of nitrogens with zero attached hydrogens (tertiary/aromatic N) is 1. The van der Waals surface area contributed by atoms with Crippen molar-refractivity contribution in [1.29, 1.82) is 0 Å². The molecule has 1 aliphatic rings. The SMILES string of the molecule is Cc1ccccc1C(=O)Nc1cc(N2CCOCC2)ccc1F. The van der Waals surface area contributed by atoms with Crippen LogP contribution in [0.4, 0.5) is 15.8 Å². The minimum Gasteiger partial charge on any atom is -0.378 e. The van der Waals surface area contributed by atoms with Crippen molar-refractivity contribution in [2.24, 2.45) is 0 Å². The Morgan fingerprint density at radius 1 is 1.17 bits per heavy atom. The van der Waals surface area contributed by atoms with E-state index in [1.165, 1.54) is 6.07 Å². The lowest BCUT2D eigenvalue weighted by Crippen LogP contribution is -2.36. The fourth-order valence-electron chi connectivity index (χ4n) is 2.64. The molecule has 1 fully saturated rings. The molecule has 0 atom stereocenters. The van der Waals surface area contributed by atoms with E-state index in [1.54, 1.807) is 24.3 Å². The molecule has 0 saturated carbocycles. The Morgan fingerprint density at radius 3 is 2.65 bits per heavy atom. The minimum absolute atomic E-state index is 0.197. The highest BCUT2D eigenvalue weighted by molar-refractivity contribution is 6.05. The van der Waals surface area contributed by atoms with Gasteiger partial charge in [0, 0.05) is 24.3 Å². The van der Waals surface area contributed by atoms with Gasteiger partial charge in [0.05, 0.1) is 18.9 Å². The number of morpholine rings is 1. The number of carbonyl (C=O) groups excluding carboxylic acids is 1. The van der Waals surface area contributed by atoms with Gasteiger partial charge >= 0.3 is 0 Å². The van der Waals surface area contributed by atoms with Crippen molar-refractivity contribution in [3.05, 3.63) is 59.4 Å². The number of carbonyl (C=O) groups is 1. The molecule has 0 bridgehead atoms. The summed E-state index contributed by atoms with van der Waals surface area (Å²) in [5.41, 5.74) is 2.48. The lowest BCUT2D eigenvalue weighted by Gasteiger charge is -2.29. The number of rotatable bonds is 3. The van der Waals surface area contributed by atoms with Crippen LogP contribution in [0.25, 0.3) is 0 Å². The molecule has 0 unspecified atom stereocenters. The van der Waals surface area contributed by atoms with Gasteiger partial charge < -0.3 is 15.0 Å². The Bertz CT molecular complexity index is 712. The van der Waals surface area contributed by atoms with Gasteiger partial charge in [0.25, 0.3) is 5.91 Å². The van der Waals surface area contributed by atoms with E-state index in [0.29, 0.717) is 18.8 Å². The molecule has 5 heteroatoms. The molecule has 3 rings (SSSR count). The fraction of sp³-hybridized carbons (Fsp3) is 0.278. The van der Waals surface area contributed by atoms with Crippen LogP contribution in [0.15, 0.2) is 42.5 Å². The van der Waals surface area contributed by atoms with Crippen molar-refractivity contribution in [3.8, 4) is 0 Å². The first-order valence-electron chi connectivity index (χ1n) is 7.64. The molecule has 23 heavy (non-hydrogen) atoms. The summed E-state index contributed by atoms with van der Waals surface area (Å²) in [5.74, 6) is -0.745. The van der Waals surface area contributed by atoms with Crippen LogP contribution >= 0.6 is 0 Å². The van der Waals surface area contributed by atoms with Crippen LogP contribution in [-0.4, -0.2) is 32.2 Å². The van der Waals surface area contributed by atoms with Gasteiger partial charge in [0.15, 0.2) is 0 Å². The van der Waals surface area contributed by atoms with E-state index in [-0.39, 0.29) is 11.6 Å². The topological polar surface area (TPSA) is 41.6 Å². The lowest BCUT2D eigenvalue weighted by molar-refractivity contribution is 0.102. The van der Waals surface area contributed by atoms with Crippen LogP contribution in [0, 0.1) is 12.7 Å². The molecule has 4 nitrogen and oxygen atoms in total. The van der Waals surface area contributed by atoms with Gasteiger partial charge in [-0.05, 0) is 36.8 Å². The summed E-state index contributed by atoms with van der Waals surface area (Å²) in [6.07, 6.45) is 0.